The van der Waals surface area contributed by atoms with Gasteiger partial charge < -0.3 is 9.47 Å². The van der Waals surface area contributed by atoms with E-state index in [4.69, 9.17) is 9.47 Å². The molecule has 4 heteroatoms. The molecule has 2 bridgehead atoms. The Morgan fingerprint density at radius 2 is 2.05 bits per heavy atom. The lowest BCUT2D eigenvalue weighted by Crippen LogP contribution is -2.16. The van der Waals surface area contributed by atoms with Crippen LogP contribution in [-0.4, -0.2) is 20.0 Å². The first kappa shape index (κ1) is 14.9. The van der Waals surface area contributed by atoms with Crippen molar-refractivity contribution in [3.63, 3.8) is 0 Å². The summed E-state index contributed by atoms with van der Waals surface area (Å²) in [4.78, 5) is 12.7. The number of carbonyl (C=O) groups excluding carboxylic acids is 1. The highest BCUT2D eigenvalue weighted by Gasteiger charge is 2.40. The van der Waals surface area contributed by atoms with Crippen LogP contribution in [0.2, 0.25) is 0 Å². The molecule has 3 rings (SSSR count). The number of ketones is 1. The third kappa shape index (κ3) is 2.83. The predicted octanol–water partition coefficient (Wildman–Crippen LogP) is 4.48. The normalized spacial score (nSPS) is 26.9. The maximum absolute atomic E-state index is 12.7. The number of hydrogen-bond acceptors (Lipinski definition) is 3. The van der Waals surface area contributed by atoms with E-state index in [1.54, 1.807) is 20.3 Å². The largest absolute Gasteiger partial charge is 0.497 e. The minimum Gasteiger partial charge on any atom is -0.497 e. The van der Waals surface area contributed by atoms with Gasteiger partial charge >= 0.3 is 0 Å². The summed E-state index contributed by atoms with van der Waals surface area (Å²) in [5.74, 6) is 3.66. The van der Waals surface area contributed by atoms with E-state index in [0.29, 0.717) is 29.4 Å². The zero-order valence-electron chi connectivity index (χ0n) is 12.5. The van der Waals surface area contributed by atoms with Gasteiger partial charge in [0.15, 0.2) is 5.78 Å². The van der Waals surface area contributed by atoms with Crippen molar-refractivity contribution in [3.8, 4) is 11.5 Å². The van der Waals surface area contributed by atoms with Gasteiger partial charge in [-0.15, -0.1) is 0 Å². The first-order valence-electron chi connectivity index (χ1n) is 7.57. The molecule has 2 aliphatic rings. The molecule has 3 atom stereocenters. The summed E-state index contributed by atoms with van der Waals surface area (Å²) in [7, 11) is 3.20. The average Bonchev–Trinajstić information content (AvgIpc) is 3.08. The molecule has 0 heterocycles. The summed E-state index contributed by atoms with van der Waals surface area (Å²) in [6, 6.07) is 3.61. The minimum absolute atomic E-state index is 0.180. The van der Waals surface area contributed by atoms with E-state index >= 15 is 0 Å². The van der Waals surface area contributed by atoms with Gasteiger partial charge in [-0.3, -0.25) is 4.79 Å². The lowest BCUT2D eigenvalue weighted by molar-refractivity contribution is 0.0940. The number of halogens is 1. The SMILES string of the molecule is COc1cc(Br)c(C(=O)CC2CC3CCC2C3)c(OC)c1. The van der Waals surface area contributed by atoms with Crippen LogP contribution in [0.25, 0.3) is 0 Å². The number of hydrogen-bond donors (Lipinski definition) is 0. The summed E-state index contributed by atoms with van der Waals surface area (Å²) in [5.41, 5.74) is 0.654. The topological polar surface area (TPSA) is 35.5 Å². The molecule has 0 aliphatic heterocycles. The Kier molecular flexibility index (Phi) is 4.25. The molecule has 0 spiro atoms. The van der Waals surface area contributed by atoms with E-state index in [1.165, 1.54) is 25.7 Å². The number of benzene rings is 1. The Morgan fingerprint density at radius 3 is 2.62 bits per heavy atom. The molecule has 2 aliphatic carbocycles. The van der Waals surface area contributed by atoms with Gasteiger partial charge in [-0.25, -0.2) is 0 Å². The van der Waals surface area contributed by atoms with E-state index < -0.39 is 0 Å². The second-order valence-electron chi connectivity index (χ2n) is 6.25. The number of methoxy groups -OCH3 is 2. The number of fused-ring (bicyclic) bond motifs is 2. The Hall–Kier alpha value is -1.03. The van der Waals surface area contributed by atoms with Gasteiger partial charge in [-0.1, -0.05) is 6.42 Å². The molecule has 0 radical (unpaired) electrons. The molecule has 0 saturated heterocycles. The molecule has 2 fully saturated rings. The quantitative estimate of drug-likeness (QED) is 0.733. The third-order valence-electron chi connectivity index (χ3n) is 5.09. The highest BCUT2D eigenvalue weighted by atomic mass is 79.9. The van der Waals surface area contributed by atoms with Crippen LogP contribution in [0.15, 0.2) is 16.6 Å². The van der Waals surface area contributed by atoms with Gasteiger partial charge in [-0.05, 0) is 59.0 Å². The molecule has 0 amide bonds. The molecule has 0 N–H and O–H groups in total. The van der Waals surface area contributed by atoms with Crippen molar-refractivity contribution < 1.29 is 14.3 Å². The van der Waals surface area contributed by atoms with E-state index in [9.17, 15) is 4.79 Å². The number of ether oxygens (including phenoxy) is 2. The van der Waals surface area contributed by atoms with Gasteiger partial charge in [0.1, 0.15) is 11.5 Å². The molecule has 114 valence electrons. The van der Waals surface area contributed by atoms with Crippen molar-refractivity contribution in [2.75, 3.05) is 14.2 Å². The first-order valence-corrected chi connectivity index (χ1v) is 8.36. The van der Waals surface area contributed by atoms with Crippen LogP contribution in [0, 0.1) is 17.8 Å². The zero-order valence-corrected chi connectivity index (χ0v) is 14.1. The number of carbonyl (C=O) groups is 1. The fraction of sp³-hybridized carbons (Fsp3) is 0.588. The molecular formula is C17H21BrO3. The fourth-order valence-corrected chi connectivity index (χ4v) is 4.72. The molecule has 1 aromatic rings. The molecular weight excluding hydrogens is 332 g/mol. The molecule has 2 saturated carbocycles. The second kappa shape index (κ2) is 5.99. The summed E-state index contributed by atoms with van der Waals surface area (Å²) < 4.78 is 11.4. The van der Waals surface area contributed by atoms with Crippen molar-refractivity contribution >= 4 is 21.7 Å². The Morgan fingerprint density at radius 1 is 1.24 bits per heavy atom. The van der Waals surface area contributed by atoms with Gasteiger partial charge in [0.2, 0.25) is 0 Å². The molecule has 0 aromatic heterocycles. The van der Waals surface area contributed by atoms with Crippen LogP contribution in [-0.2, 0) is 0 Å². The predicted molar refractivity (Wildman–Crippen MR) is 85.1 cm³/mol. The van der Waals surface area contributed by atoms with Crippen molar-refractivity contribution in [3.05, 3.63) is 22.2 Å². The van der Waals surface area contributed by atoms with E-state index in [0.717, 1.165) is 16.3 Å². The van der Waals surface area contributed by atoms with Crippen molar-refractivity contribution in [1.29, 1.82) is 0 Å². The molecule has 21 heavy (non-hydrogen) atoms. The van der Waals surface area contributed by atoms with Crippen LogP contribution in [0.5, 0.6) is 11.5 Å². The van der Waals surface area contributed by atoms with Crippen LogP contribution in [0.3, 0.4) is 0 Å². The molecule has 3 unspecified atom stereocenters. The van der Waals surface area contributed by atoms with Crippen LogP contribution in [0.4, 0.5) is 0 Å². The van der Waals surface area contributed by atoms with Gasteiger partial charge in [0, 0.05) is 17.0 Å². The average molecular weight is 353 g/mol. The first-order chi connectivity index (χ1) is 10.1. The fourth-order valence-electron chi connectivity index (χ4n) is 4.07. The van der Waals surface area contributed by atoms with E-state index in [1.807, 2.05) is 6.07 Å². The molecule has 1 aromatic carbocycles. The summed E-state index contributed by atoms with van der Waals surface area (Å²) in [6.07, 6.45) is 5.88. The second-order valence-corrected chi connectivity index (χ2v) is 7.10. The lowest BCUT2D eigenvalue weighted by atomic mass is 9.84. The van der Waals surface area contributed by atoms with E-state index in [-0.39, 0.29) is 5.78 Å². The highest BCUT2D eigenvalue weighted by Crippen LogP contribution is 2.50. The summed E-state index contributed by atoms with van der Waals surface area (Å²) in [5, 5.41) is 0. The molecule has 3 nitrogen and oxygen atoms in total. The monoisotopic (exact) mass is 352 g/mol. The summed E-state index contributed by atoms with van der Waals surface area (Å²) in [6.45, 7) is 0. The Labute approximate surface area is 134 Å². The van der Waals surface area contributed by atoms with Crippen LogP contribution in [0.1, 0.15) is 42.5 Å². The van der Waals surface area contributed by atoms with Gasteiger partial charge in [0.05, 0.1) is 19.8 Å². The maximum Gasteiger partial charge on any atom is 0.168 e. The van der Waals surface area contributed by atoms with Crippen molar-refractivity contribution in [2.24, 2.45) is 17.8 Å². The van der Waals surface area contributed by atoms with Crippen molar-refractivity contribution in [2.45, 2.75) is 32.1 Å². The number of rotatable bonds is 5. The standard InChI is InChI=1S/C17H21BrO3/c1-20-13-8-14(18)17(16(9-13)21-2)15(19)7-12-6-10-3-4-11(12)5-10/h8-12H,3-7H2,1-2H3. The minimum atomic E-state index is 0.180. The Balaban J connectivity index is 1.81. The summed E-state index contributed by atoms with van der Waals surface area (Å²) >= 11 is 3.49. The highest BCUT2D eigenvalue weighted by molar-refractivity contribution is 9.10. The maximum atomic E-state index is 12.7. The van der Waals surface area contributed by atoms with Gasteiger partial charge in [-0.2, -0.15) is 0 Å². The van der Waals surface area contributed by atoms with E-state index in [2.05, 4.69) is 15.9 Å². The third-order valence-corrected chi connectivity index (χ3v) is 5.72. The van der Waals surface area contributed by atoms with Crippen LogP contribution >= 0.6 is 15.9 Å². The lowest BCUT2D eigenvalue weighted by Gasteiger charge is -2.21. The van der Waals surface area contributed by atoms with Gasteiger partial charge in [0.25, 0.3) is 0 Å². The van der Waals surface area contributed by atoms with Crippen LogP contribution < -0.4 is 9.47 Å². The number of Topliss-reactive ketones (excluding diaryl/α,β-unsaturated/α-hetero) is 1. The van der Waals surface area contributed by atoms with Crippen molar-refractivity contribution in [1.82, 2.24) is 0 Å². The zero-order chi connectivity index (χ0) is 15.0. The smallest absolute Gasteiger partial charge is 0.168 e. The Bertz CT molecular complexity index is 555.